The Hall–Kier alpha value is -2.41. The number of carbonyl (C=O) groups excluding carboxylic acids is 1. The number of piperidine rings is 1. The summed E-state index contributed by atoms with van der Waals surface area (Å²) in [5.41, 5.74) is 5.00. The van der Waals surface area contributed by atoms with Crippen LogP contribution in [0.1, 0.15) is 12.8 Å². The first-order valence-electron chi connectivity index (χ1n) is 9.03. The van der Waals surface area contributed by atoms with E-state index in [0.717, 1.165) is 47.2 Å². The van der Waals surface area contributed by atoms with Crippen LogP contribution in [0.4, 0.5) is 5.82 Å². The van der Waals surface area contributed by atoms with Crippen molar-refractivity contribution < 1.29 is 4.79 Å². The molecule has 0 radical (unpaired) electrons. The van der Waals surface area contributed by atoms with Gasteiger partial charge in [-0.15, -0.1) is 0 Å². The fraction of sp³-hybridized carbons (Fsp3) is 0.250. The van der Waals surface area contributed by atoms with Crippen LogP contribution in [-0.4, -0.2) is 29.0 Å². The molecule has 1 unspecified atom stereocenters. The van der Waals surface area contributed by atoms with Gasteiger partial charge in [-0.3, -0.25) is 10.2 Å². The van der Waals surface area contributed by atoms with Crippen molar-refractivity contribution in [3.05, 3.63) is 52.8 Å². The molecule has 1 amide bonds. The highest BCUT2D eigenvalue weighted by molar-refractivity contribution is 6.42. The predicted molar refractivity (Wildman–Crippen MR) is 112 cm³/mol. The number of nitrogens with one attached hydrogen (secondary N) is 1. The first-order chi connectivity index (χ1) is 13.6. The number of hydrogen-bond donors (Lipinski definition) is 2. The van der Waals surface area contributed by atoms with Gasteiger partial charge in [0.2, 0.25) is 5.91 Å². The number of hydrogen-bond acceptors (Lipinski definition) is 5. The summed E-state index contributed by atoms with van der Waals surface area (Å²) in [6.45, 7) is 1.38. The zero-order chi connectivity index (χ0) is 19.7. The van der Waals surface area contributed by atoms with Gasteiger partial charge in [-0.1, -0.05) is 41.4 Å². The lowest BCUT2D eigenvalue weighted by Gasteiger charge is -2.33. The van der Waals surface area contributed by atoms with E-state index in [9.17, 15) is 4.79 Å². The van der Waals surface area contributed by atoms with Crippen molar-refractivity contribution in [1.82, 2.24) is 15.4 Å². The lowest BCUT2D eigenvalue weighted by atomic mass is 9.96. The summed E-state index contributed by atoms with van der Waals surface area (Å²) in [4.78, 5) is 23.2. The molecule has 28 heavy (non-hydrogen) atoms. The largest absolute Gasteiger partial charge is 0.355 e. The summed E-state index contributed by atoms with van der Waals surface area (Å²) in [5, 5.41) is 1.93. The van der Waals surface area contributed by atoms with Crippen LogP contribution in [0.25, 0.3) is 22.0 Å². The second kappa shape index (κ2) is 7.91. The van der Waals surface area contributed by atoms with Gasteiger partial charge in [0.1, 0.15) is 12.1 Å². The first kappa shape index (κ1) is 18.9. The van der Waals surface area contributed by atoms with E-state index in [-0.39, 0.29) is 11.8 Å². The molecule has 1 aliphatic heterocycles. The van der Waals surface area contributed by atoms with Crippen molar-refractivity contribution in [2.75, 3.05) is 18.0 Å². The molecule has 3 aromatic rings. The lowest BCUT2D eigenvalue weighted by Crippen LogP contribution is -2.45. The lowest BCUT2D eigenvalue weighted by molar-refractivity contribution is -0.125. The van der Waals surface area contributed by atoms with E-state index in [1.807, 2.05) is 30.3 Å². The molecule has 0 spiro atoms. The maximum absolute atomic E-state index is 12.0. The average molecular weight is 416 g/mol. The Morgan fingerprint density at radius 2 is 2.04 bits per heavy atom. The number of halogens is 2. The van der Waals surface area contributed by atoms with Gasteiger partial charge in [0.25, 0.3) is 0 Å². The van der Waals surface area contributed by atoms with Gasteiger partial charge in [-0.2, -0.15) is 0 Å². The molecule has 144 valence electrons. The molecule has 1 aromatic heterocycles. The summed E-state index contributed by atoms with van der Waals surface area (Å²) in [7, 11) is 0. The van der Waals surface area contributed by atoms with Crippen molar-refractivity contribution >= 4 is 45.8 Å². The monoisotopic (exact) mass is 415 g/mol. The number of carbonyl (C=O) groups is 1. The van der Waals surface area contributed by atoms with Crippen LogP contribution in [0.15, 0.2) is 42.7 Å². The molecular weight excluding hydrogens is 397 g/mol. The Bertz CT molecular complexity index is 1040. The quantitative estimate of drug-likeness (QED) is 0.385. The minimum absolute atomic E-state index is 0.146. The topological polar surface area (TPSA) is 84.1 Å². The van der Waals surface area contributed by atoms with Crippen LogP contribution in [0.5, 0.6) is 0 Å². The number of nitrogens with zero attached hydrogens (tertiary/aromatic N) is 3. The molecule has 0 bridgehead atoms. The van der Waals surface area contributed by atoms with Crippen molar-refractivity contribution in [2.45, 2.75) is 12.8 Å². The SMILES string of the molecule is NNC(=O)C1CCCN(c2ncnc3cccc(-c4ccc(Cl)c(Cl)c4)c23)C1. The Balaban J connectivity index is 1.83. The molecule has 0 saturated carbocycles. The van der Waals surface area contributed by atoms with Crippen molar-refractivity contribution in [3.63, 3.8) is 0 Å². The first-order valence-corrected chi connectivity index (χ1v) is 9.78. The normalized spacial score (nSPS) is 17.0. The minimum Gasteiger partial charge on any atom is -0.355 e. The van der Waals surface area contributed by atoms with E-state index in [2.05, 4.69) is 20.3 Å². The highest BCUT2D eigenvalue weighted by atomic mass is 35.5. The molecule has 1 saturated heterocycles. The molecule has 4 rings (SSSR count). The number of benzene rings is 2. The summed E-state index contributed by atoms with van der Waals surface area (Å²) >= 11 is 12.3. The van der Waals surface area contributed by atoms with Crippen LogP contribution in [-0.2, 0) is 4.79 Å². The molecule has 1 atom stereocenters. The van der Waals surface area contributed by atoms with E-state index in [1.54, 1.807) is 12.4 Å². The van der Waals surface area contributed by atoms with Gasteiger partial charge < -0.3 is 4.90 Å². The Kier molecular flexibility index (Phi) is 5.35. The van der Waals surface area contributed by atoms with Gasteiger partial charge in [0, 0.05) is 13.1 Å². The average Bonchev–Trinajstić information content (AvgIpc) is 2.74. The second-order valence-electron chi connectivity index (χ2n) is 6.82. The van der Waals surface area contributed by atoms with Crippen LogP contribution < -0.4 is 16.2 Å². The Morgan fingerprint density at radius 3 is 2.82 bits per heavy atom. The zero-order valence-electron chi connectivity index (χ0n) is 15.0. The molecule has 0 aliphatic carbocycles. The van der Waals surface area contributed by atoms with Crippen molar-refractivity contribution in [1.29, 1.82) is 0 Å². The molecular formula is C20H19Cl2N5O. The number of anilines is 1. The fourth-order valence-corrected chi connectivity index (χ4v) is 4.04. The van der Waals surface area contributed by atoms with E-state index in [0.29, 0.717) is 16.6 Å². The maximum atomic E-state index is 12.0. The fourth-order valence-electron chi connectivity index (χ4n) is 3.74. The van der Waals surface area contributed by atoms with Gasteiger partial charge in [0.05, 0.1) is 26.9 Å². The van der Waals surface area contributed by atoms with Gasteiger partial charge >= 0.3 is 0 Å². The molecule has 2 aromatic carbocycles. The summed E-state index contributed by atoms with van der Waals surface area (Å²) < 4.78 is 0. The van der Waals surface area contributed by atoms with Gasteiger partial charge in [0.15, 0.2) is 0 Å². The molecule has 1 aliphatic rings. The van der Waals surface area contributed by atoms with E-state index in [1.165, 1.54) is 0 Å². The number of hydrazine groups is 1. The maximum Gasteiger partial charge on any atom is 0.238 e. The minimum atomic E-state index is -0.166. The number of rotatable bonds is 3. The van der Waals surface area contributed by atoms with Crippen molar-refractivity contribution in [2.24, 2.45) is 11.8 Å². The van der Waals surface area contributed by atoms with Gasteiger partial charge in [-0.25, -0.2) is 15.8 Å². The molecule has 6 nitrogen and oxygen atoms in total. The van der Waals surface area contributed by atoms with E-state index >= 15 is 0 Å². The number of amides is 1. The van der Waals surface area contributed by atoms with Crippen LogP contribution >= 0.6 is 23.2 Å². The Morgan fingerprint density at radius 1 is 1.18 bits per heavy atom. The predicted octanol–water partition coefficient (Wildman–Crippen LogP) is 3.81. The van der Waals surface area contributed by atoms with Gasteiger partial charge in [-0.05, 0) is 42.2 Å². The highest BCUT2D eigenvalue weighted by Gasteiger charge is 2.27. The number of aromatic nitrogens is 2. The van der Waals surface area contributed by atoms with Crippen LogP contribution in [0.2, 0.25) is 10.0 Å². The standard InChI is InChI=1S/C20H19Cl2N5O/c21-15-7-6-12(9-16(15)22)14-4-1-5-17-18(14)19(25-11-24-17)27-8-2-3-13(10-27)20(28)26-23/h1,4-7,9,11,13H,2-3,8,10,23H2,(H,26,28). The molecule has 2 heterocycles. The summed E-state index contributed by atoms with van der Waals surface area (Å²) in [6.07, 6.45) is 3.25. The van der Waals surface area contributed by atoms with E-state index < -0.39 is 0 Å². The van der Waals surface area contributed by atoms with Crippen LogP contribution in [0, 0.1) is 5.92 Å². The smallest absolute Gasteiger partial charge is 0.238 e. The molecule has 8 heteroatoms. The summed E-state index contributed by atoms with van der Waals surface area (Å²) in [6, 6.07) is 11.5. The highest BCUT2D eigenvalue weighted by Crippen LogP contribution is 2.37. The Labute approximate surface area is 172 Å². The number of nitrogens with two attached hydrogens (primary N) is 1. The third-order valence-corrected chi connectivity index (χ3v) is 5.85. The van der Waals surface area contributed by atoms with Crippen molar-refractivity contribution in [3.8, 4) is 11.1 Å². The summed E-state index contributed by atoms with van der Waals surface area (Å²) in [5.74, 6) is 5.83. The number of fused-ring (bicyclic) bond motifs is 1. The molecule has 3 N–H and O–H groups in total. The second-order valence-corrected chi connectivity index (χ2v) is 7.63. The zero-order valence-corrected chi connectivity index (χ0v) is 16.5. The third kappa shape index (κ3) is 3.51. The van der Waals surface area contributed by atoms with E-state index in [4.69, 9.17) is 29.0 Å². The molecule has 1 fully saturated rings. The van der Waals surface area contributed by atoms with Crippen LogP contribution in [0.3, 0.4) is 0 Å². The third-order valence-electron chi connectivity index (χ3n) is 5.11.